The molecule has 0 atom stereocenters. The maximum atomic E-state index is 12.2. The topological polar surface area (TPSA) is 87.7 Å². The summed E-state index contributed by atoms with van der Waals surface area (Å²) in [6, 6.07) is 7.94. The standard InChI is InChI=1S/C12H9ClN4O2S/c13-11-4-1-8-7-9(2-3-10(8)16-11)20(18,19)17-12-14-5-6-15-12/h1-7H,(H2,14,15,17). The van der Waals surface area contributed by atoms with Gasteiger partial charge < -0.3 is 4.98 Å². The fourth-order valence-electron chi connectivity index (χ4n) is 1.75. The van der Waals surface area contributed by atoms with E-state index in [2.05, 4.69) is 19.7 Å². The Bertz CT molecular complexity index is 862. The van der Waals surface area contributed by atoms with Gasteiger partial charge in [-0.25, -0.2) is 23.1 Å². The SMILES string of the molecule is O=S(=O)(Nc1ncc[nH]1)c1ccc2nc(Cl)ccc2c1. The van der Waals surface area contributed by atoms with Crippen LogP contribution in [-0.4, -0.2) is 23.4 Å². The van der Waals surface area contributed by atoms with Gasteiger partial charge in [-0.05, 0) is 30.3 Å². The van der Waals surface area contributed by atoms with Gasteiger partial charge in [0.25, 0.3) is 10.0 Å². The van der Waals surface area contributed by atoms with Crippen LogP contribution in [0.5, 0.6) is 0 Å². The normalized spacial score (nSPS) is 11.7. The van der Waals surface area contributed by atoms with Crippen molar-refractivity contribution in [1.29, 1.82) is 0 Å². The van der Waals surface area contributed by atoms with Gasteiger partial charge in [0.05, 0.1) is 10.4 Å². The lowest BCUT2D eigenvalue weighted by atomic mass is 10.2. The molecule has 1 aromatic carbocycles. The number of hydrogen-bond acceptors (Lipinski definition) is 4. The van der Waals surface area contributed by atoms with Crippen LogP contribution in [0.3, 0.4) is 0 Å². The summed E-state index contributed by atoms with van der Waals surface area (Å²) in [5.74, 6) is 0.166. The molecule has 0 spiro atoms. The summed E-state index contributed by atoms with van der Waals surface area (Å²) in [4.78, 5) is 10.7. The molecule has 102 valence electrons. The highest BCUT2D eigenvalue weighted by Gasteiger charge is 2.15. The van der Waals surface area contributed by atoms with Gasteiger partial charge in [-0.3, -0.25) is 0 Å². The fourth-order valence-corrected chi connectivity index (χ4v) is 2.92. The maximum Gasteiger partial charge on any atom is 0.264 e. The Balaban J connectivity index is 2.03. The number of benzene rings is 1. The number of imidazole rings is 1. The van der Waals surface area contributed by atoms with Crippen molar-refractivity contribution in [2.45, 2.75) is 4.90 Å². The van der Waals surface area contributed by atoms with Gasteiger partial charge in [0.15, 0.2) is 0 Å². The smallest absolute Gasteiger partial charge is 0.264 e. The highest BCUT2D eigenvalue weighted by Crippen LogP contribution is 2.20. The average Bonchev–Trinajstić information content (AvgIpc) is 2.90. The van der Waals surface area contributed by atoms with E-state index >= 15 is 0 Å². The summed E-state index contributed by atoms with van der Waals surface area (Å²) in [5, 5.41) is 1.05. The molecule has 3 rings (SSSR count). The highest BCUT2D eigenvalue weighted by molar-refractivity contribution is 7.92. The van der Waals surface area contributed by atoms with E-state index in [1.165, 1.54) is 24.5 Å². The summed E-state index contributed by atoms with van der Waals surface area (Å²) in [6.45, 7) is 0. The Kier molecular flexibility index (Phi) is 3.07. The Morgan fingerprint density at radius 3 is 2.80 bits per heavy atom. The van der Waals surface area contributed by atoms with Crippen molar-refractivity contribution in [3.8, 4) is 0 Å². The first-order chi connectivity index (χ1) is 9.54. The predicted molar refractivity (Wildman–Crippen MR) is 76.1 cm³/mol. The minimum absolute atomic E-state index is 0.130. The van der Waals surface area contributed by atoms with Gasteiger partial charge in [-0.2, -0.15) is 0 Å². The van der Waals surface area contributed by atoms with E-state index in [0.29, 0.717) is 16.1 Å². The lowest BCUT2D eigenvalue weighted by Crippen LogP contribution is -2.13. The van der Waals surface area contributed by atoms with E-state index < -0.39 is 10.0 Å². The second-order valence-corrected chi connectivity index (χ2v) is 6.10. The number of fused-ring (bicyclic) bond motifs is 1. The molecule has 0 aliphatic carbocycles. The van der Waals surface area contributed by atoms with Crippen molar-refractivity contribution in [3.63, 3.8) is 0 Å². The molecule has 2 N–H and O–H groups in total. The molecule has 0 aliphatic heterocycles. The molecule has 0 saturated carbocycles. The monoisotopic (exact) mass is 308 g/mol. The summed E-state index contributed by atoms with van der Waals surface area (Å²) < 4.78 is 26.7. The molecule has 0 unspecified atom stereocenters. The number of halogens is 1. The number of sulfonamides is 1. The van der Waals surface area contributed by atoms with Gasteiger partial charge in [0.2, 0.25) is 5.95 Å². The lowest BCUT2D eigenvalue weighted by molar-refractivity contribution is 0.601. The second-order valence-electron chi connectivity index (χ2n) is 4.03. The quantitative estimate of drug-likeness (QED) is 0.727. The molecule has 3 aromatic rings. The van der Waals surface area contributed by atoms with Crippen LogP contribution in [0.1, 0.15) is 0 Å². The minimum Gasteiger partial charge on any atom is -0.330 e. The molecule has 0 amide bonds. The largest absolute Gasteiger partial charge is 0.330 e. The first-order valence-electron chi connectivity index (χ1n) is 5.63. The molecule has 8 heteroatoms. The molecule has 6 nitrogen and oxygen atoms in total. The molecular formula is C12H9ClN4O2S. The molecule has 0 fully saturated rings. The predicted octanol–water partition coefficient (Wildman–Crippen LogP) is 2.41. The number of nitrogens with zero attached hydrogens (tertiary/aromatic N) is 2. The number of rotatable bonds is 3. The molecule has 0 saturated heterocycles. The molecule has 2 heterocycles. The Morgan fingerprint density at radius 1 is 1.20 bits per heavy atom. The average molecular weight is 309 g/mol. The van der Waals surface area contributed by atoms with Crippen molar-refractivity contribution in [2.24, 2.45) is 0 Å². The highest BCUT2D eigenvalue weighted by atomic mass is 35.5. The number of H-pyrrole nitrogens is 1. The zero-order valence-electron chi connectivity index (χ0n) is 10.0. The third-order valence-electron chi connectivity index (χ3n) is 2.67. The zero-order valence-corrected chi connectivity index (χ0v) is 11.6. The number of aromatic amines is 1. The van der Waals surface area contributed by atoms with Crippen molar-refractivity contribution in [2.75, 3.05) is 4.72 Å². The van der Waals surface area contributed by atoms with Crippen LogP contribution in [0, 0.1) is 0 Å². The lowest BCUT2D eigenvalue weighted by Gasteiger charge is -2.06. The first-order valence-corrected chi connectivity index (χ1v) is 7.49. The van der Waals surface area contributed by atoms with Crippen LogP contribution in [0.25, 0.3) is 10.9 Å². The Hall–Kier alpha value is -2.12. The maximum absolute atomic E-state index is 12.2. The van der Waals surface area contributed by atoms with Crippen LogP contribution >= 0.6 is 11.6 Å². The second kappa shape index (κ2) is 4.77. The van der Waals surface area contributed by atoms with Gasteiger partial charge in [0.1, 0.15) is 5.15 Å². The molecule has 0 aliphatic rings. The Labute approximate surface area is 119 Å². The van der Waals surface area contributed by atoms with Crippen molar-refractivity contribution < 1.29 is 8.42 Å². The summed E-state index contributed by atoms with van der Waals surface area (Å²) in [5.41, 5.74) is 0.634. The number of hydrogen-bond donors (Lipinski definition) is 2. The minimum atomic E-state index is -3.69. The van der Waals surface area contributed by atoms with E-state index in [1.54, 1.807) is 18.2 Å². The molecule has 2 aromatic heterocycles. The van der Waals surface area contributed by atoms with Gasteiger partial charge in [0, 0.05) is 17.8 Å². The van der Waals surface area contributed by atoms with Crippen LogP contribution in [-0.2, 0) is 10.0 Å². The summed E-state index contributed by atoms with van der Waals surface area (Å²) in [7, 11) is -3.69. The van der Waals surface area contributed by atoms with E-state index in [0.717, 1.165) is 0 Å². The van der Waals surface area contributed by atoms with Gasteiger partial charge in [-0.15, -0.1) is 0 Å². The van der Waals surface area contributed by atoms with E-state index in [-0.39, 0.29) is 10.8 Å². The Morgan fingerprint density at radius 2 is 2.05 bits per heavy atom. The fraction of sp³-hybridized carbons (Fsp3) is 0. The van der Waals surface area contributed by atoms with Crippen molar-refractivity contribution >= 4 is 38.5 Å². The van der Waals surface area contributed by atoms with Crippen LogP contribution in [0.2, 0.25) is 5.15 Å². The van der Waals surface area contributed by atoms with Gasteiger partial charge in [-0.1, -0.05) is 11.6 Å². The molecule has 0 bridgehead atoms. The zero-order chi connectivity index (χ0) is 14.2. The molecule has 20 heavy (non-hydrogen) atoms. The third kappa shape index (κ3) is 2.45. The van der Waals surface area contributed by atoms with Crippen molar-refractivity contribution in [1.82, 2.24) is 15.0 Å². The first kappa shape index (κ1) is 12.9. The number of anilines is 1. The summed E-state index contributed by atoms with van der Waals surface area (Å²) in [6.07, 6.45) is 2.99. The number of pyridine rings is 1. The molecule has 0 radical (unpaired) electrons. The number of nitrogens with one attached hydrogen (secondary N) is 2. The van der Waals surface area contributed by atoms with Gasteiger partial charge >= 0.3 is 0 Å². The third-order valence-corrected chi connectivity index (χ3v) is 4.21. The number of aromatic nitrogens is 3. The van der Waals surface area contributed by atoms with Crippen LogP contribution in [0.15, 0.2) is 47.6 Å². The van der Waals surface area contributed by atoms with E-state index in [9.17, 15) is 8.42 Å². The van der Waals surface area contributed by atoms with Crippen LogP contribution in [0.4, 0.5) is 5.95 Å². The van der Waals surface area contributed by atoms with Crippen molar-refractivity contribution in [3.05, 3.63) is 47.9 Å². The van der Waals surface area contributed by atoms with Crippen LogP contribution < -0.4 is 4.72 Å². The van der Waals surface area contributed by atoms with E-state index in [4.69, 9.17) is 11.6 Å². The summed E-state index contributed by atoms with van der Waals surface area (Å²) >= 11 is 5.79. The molecular weight excluding hydrogens is 300 g/mol. The van der Waals surface area contributed by atoms with E-state index in [1.807, 2.05) is 0 Å².